The molecule has 1 aromatic rings. The Labute approximate surface area is 115 Å². The van der Waals surface area contributed by atoms with Gasteiger partial charge in [-0.25, -0.2) is 0 Å². The summed E-state index contributed by atoms with van der Waals surface area (Å²) in [6.07, 6.45) is 0.676. The van der Waals surface area contributed by atoms with Crippen LogP contribution in [0.25, 0.3) is 0 Å². The summed E-state index contributed by atoms with van der Waals surface area (Å²) in [6.45, 7) is 6.54. The van der Waals surface area contributed by atoms with Gasteiger partial charge in [0, 0.05) is 31.9 Å². The van der Waals surface area contributed by atoms with Crippen LogP contribution >= 0.6 is 0 Å². The first kappa shape index (κ1) is 15.8. The maximum absolute atomic E-state index is 11.0. The average Bonchev–Trinajstić information content (AvgIpc) is 2.40. The second kappa shape index (κ2) is 8.80. The molecule has 0 heterocycles. The van der Waals surface area contributed by atoms with Gasteiger partial charge in [-0.2, -0.15) is 0 Å². The van der Waals surface area contributed by atoms with Crippen LogP contribution in [-0.2, 0) is 16.0 Å². The molecule has 1 rings (SSSR count). The van der Waals surface area contributed by atoms with E-state index in [1.165, 1.54) is 0 Å². The van der Waals surface area contributed by atoms with E-state index in [0.29, 0.717) is 26.3 Å². The van der Waals surface area contributed by atoms with Crippen LogP contribution in [0.3, 0.4) is 0 Å². The van der Waals surface area contributed by atoms with E-state index in [4.69, 9.17) is 9.47 Å². The van der Waals surface area contributed by atoms with E-state index in [2.05, 4.69) is 4.90 Å². The summed E-state index contributed by atoms with van der Waals surface area (Å²) in [4.78, 5) is 13.1. The number of ether oxygens (including phenoxy) is 2. The standard InChI is InChI=1S/C15H23NO3/c1-4-18-15(19-5-2)11-16(3)10-13-8-6-7-9-14(13)12-17/h6-9,12,15H,4-5,10-11H2,1-3H3. The number of benzene rings is 1. The number of aldehydes is 1. The van der Waals surface area contributed by atoms with Gasteiger partial charge in [0.05, 0.1) is 0 Å². The van der Waals surface area contributed by atoms with Crippen LogP contribution in [0.2, 0.25) is 0 Å². The van der Waals surface area contributed by atoms with E-state index in [0.717, 1.165) is 17.4 Å². The van der Waals surface area contributed by atoms with Crippen LogP contribution in [0.15, 0.2) is 24.3 Å². The quantitative estimate of drug-likeness (QED) is 0.507. The molecule has 1 aromatic carbocycles. The molecular formula is C15H23NO3. The van der Waals surface area contributed by atoms with Crippen molar-refractivity contribution in [2.45, 2.75) is 26.7 Å². The lowest BCUT2D eigenvalue weighted by Gasteiger charge is -2.24. The van der Waals surface area contributed by atoms with Gasteiger partial charge in [-0.05, 0) is 26.5 Å². The van der Waals surface area contributed by atoms with Gasteiger partial charge in [-0.1, -0.05) is 24.3 Å². The minimum atomic E-state index is -0.219. The summed E-state index contributed by atoms with van der Waals surface area (Å²) in [5, 5.41) is 0. The minimum Gasteiger partial charge on any atom is -0.352 e. The predicted octanol–water partition coefficient (Wildman–Crippen LogP) is 2.33. The van der Waals surface area contributed by atoms with Crippen molar-refractivity contribution < 1.29 is 14.3 Å². The number of rotatable bonds is 9. The molecule has 0 saturated heterocycles. The van der Waals surface area contributed by atoms with E-state index < -0.39 is 0 Å². The summed E-state index contributed by atoms with van der Waals surface area (Å²) in [5.41, 5.74) is 1.76. The Morgan fingerprint density at radius 2 is 1.84 bits per heavy atom. The van der Waals surface area contributed by atoms with Crippen LogP contribution in [-0.4, -0.2) is 44.3 Å². The molecule has 0 spiro atoms. The molecule has 19 heavy (non-hydrogen) atoms. The van der Waals surface area contributed by atoms with Crippen molar-refractivity contribution in [2.24, 2.45) is 0 Å². The number of carbonyl (C=O) groups excluding carboxylic acids is 1. The molecule has 0 aliphatic carbocycles. The lowest BCUT2D eigenvalue weighted by Crippen LogP contribution is -2.33. The zero-order valence-corrected chi connectivity index (χ0v) is 12.0. The second-order valence-corrected chi connectivity index (χ2v) is 4.35. The molecule has 0 fully saturated rings. The first-order chi connectivity index (χ1) is 9.21. The van der Waals surface area contributed by atoms with Crippen molar-refractivity contribution in [1.29, 1.82) is 0 Å². The summed E-state index contributed by atoms with van der Waals surface area (Å²) in [5.74, 6) is 0. The highest BCUT2D eigenvalue weighted by Crippen LogP contribution is 2.10. The number of hydrogen-bond donors (Lipinski definition) is 0. The minimum absolute atomic E-state index is 0.219. The van der Waals surface area contributed by atoms with Gasteiger partial charge in [0.2, 0.25) is 0 Å². The molecule has 4 heteroatoms. The zero-order valence-electron chi connectivity index (χ0n) is 12.0. The molecule has 0 N–H and O–H groups in total. The number of carbonyl (C=O) groups is 1. The Morgan fingerprint density at radius 1 is 1.21 bits per heavy atom. The summed E-state index contributed by atoms with van der Waals surface area (Å²) < 4.78 is 11.0. The smallest absolute Gasteiger partial charge is 0.170 e. The van der Waals surface area contributed by atoms with E-state index >= 15 is 0 Å². The number of likely N-dealkylation sites (N-methyl/N-ethyl adjacent to an activating group) is 1. The Hall–Kier alpha value is -1.23. The number of hydrogen-bond acceptors (Lipinski definition) is 4. The monoisotopic (exact) mass is 265 g/mol. The van der Waals surface area contributed by atoms with Gasteiger partial charge < -0.3 is 9.47 Å². The topological polar surface area (TPSA) is 38.8 Å². The van der Waals surface area contributed by atoms with Gasteiger partial charge in [-0.3, -0.25) is 9.69 Å². The van der Waals surface area contributed by atoms with Crippen molar-refractivity contribution in [1.82, 2.24) is 4.90 Å². The van der Waals surface area contributed by atoms with Crippen LogP contribution < -0.4 is 0 Å². The molecule has 0 saturated carbocycles. The SMILES string of the molecule is CCOC(CN(C)Cc1ccccc1C=O)OCC. The molecule has 0 atom stereocenters. The molecule has 0 unspecified atom stereocenters. The first-order valence-electron chi connectivity index (χ1n) is 6.66. The van der Waals surface area contributed by atoms with Gasteiger partial charge in [0.25, 0.3) is 0 Å². The predicted molar refractivity (Wildman–Crippen MR) is 75.2 cm³/mol. The number of nitrogens with zero attached hydrogens (tertiary/aromatic N) is 1. The highest BCUT2D eigenvalue weighted by atomic mass is 16.7. The fourth-order valence-corrected chi connectivity index (χ4v) is 1.93. The lowest BCUT2D eigenvalue weighted by molar-refractivity contribution is -0.145. The molecule has 0 radical (unpaired) electrons. The maximum atomic E-state index is 11.0. The molecule has 0 amide bonds. The zero-order chi connectivity index (χ0) is 14.1. The van der Waals surface area contributed by atoms with Gasteiger partial charge in [0.1, 0.15) is 6.29 Å². The third kappa shape index (κ3) is 5.51. The van der Waals surface area contributed by atoms with E-state index in [1.807, 2.05) is 45.2 Å². The lowest BCUT2D eigenvalue weighted by atomic mass is 10.1. The molecule has 4 nitrogen and oxygen atoms in total. The average molecular weight is 265 g/mol. The maximum Gasteiger partial charge on any atom is 0.170 e. The molecule has 0 aliphatic heterocycles. The van der Waals surface area contributed by atoms with E-state index in [-0.39, 0.29) is 6.29 Å². The Kier molecular flexibility index (Phi) is 7.33. The summed E-state index contributed by atoms with van der Waals surface area (Å²) in [7, 11) is 1.99. The highest BCUT2D eigenvalue weighted by Gasteiger charge is 2.12. The van der Waals surface area contributed by atoms with Crippen LogP contribution in [0, 0.1) is 0 Å². The first-order valence-corrected chi connectivity index (χ1v) is 6.66. The second-order valence-electron chi connectivity index (χ2n) is 4.35. The van der Waals surface area contributed by atoms with Crippen LogP contribution in [0.4, 0.5) is 0 Å². The molecule has 0 bridgehead atoms. The largest absolute Gasteiger partial charge is 0.352 e. The van der Waals surface area contributed by atoms with Crippen molar-refractivity contribution in [3.05, 3.63) is 35.4 Å². The van der Waals surface area contributed by atoms with Crippen molar-refractivity contribution >= 4 is 6.29 Å². The summed E-state index contributed by atoms with van der Waals surface area (Å²) >= 11 is 0. The normalized spacial score (nSPS) is 11.2. The van der Waals surface area contributed by atoms with E-state index in [9.17, 15) is 4.79 Å². The molecule has 0 aliphatic rings. The Bertz CT molecular complexity index is 375. The van der Waals surface area contributed by atoms with Gasteiger partial charge in [0.15, 0.2) is 6.29 Å². The van der Waals surface area contributed by atoms with Crippen LogP contribution in [0.1, 0.15) is 29.8 Å². The van der Waals surface area contributed by atoms with Gasteiger partial charge >= 0.3 is 0 Å². The fourth-order valence-electron chi connectivity index (χ4n) is 1.93. The fraction of sp³-hybridized carbons (Fsp3) is 0.533. The Morgan fingerprint density at radius 3 is 2.42 bits per heavy atom. The Balaban J connectivity index is 2.57. The molecule has 0 aromatic heterocycles. The van der Waals surface area contributed by atoms with E-state index in [1.54, 1.807) is 0 Å². The third-order valence-corrected chi connectivity index (χ3v) is 2.79. The summed E-state index contributed by atoms with van der Waals surface area (Å²) in [6, 6.07) is 7.62. The van der Waals surface area contributed by atoms with Crippen molar-refractivity contribution in [3.8, 4) is 0 Å². The molecular weight excluding hydrogens is 242 g/mol. The van der Waals surface area contributed by atoms with Crippen LogP contribution in [0.5, 0.6) is 0 Å². The highest BCUT2D eigenvalue weighted by molar-refractivity contribution is 5.77. The molecule has 106 valence electrons. The van der Waals surface area contributed by atoms with Crippen molar-refractivity contribution in [2.75, 3.05) is 26.8 Å². The third-order valence-electron chi connectivity index (χ3n) is 2.79. The van der Waals surface area contributed by atoms with Gasteiger partial charge in [-0.15, -0.1) is 0 Å². The van der Waals surface area contributed by atoms with Crippen molar-refractivity contribution in [3.63, 3.8) is 0 Å².